The molecule has 4 rings (SSSR count). The summed E-state index contributed by atoms with van der Waals surface area (Å²) in [5.74, 6) is -0.0230. The van der Waals surface area contributed by atoms with E-state index in [1.807, 2.05) is 36.4 Å². The zero-order valence-corrected chi connectivity index (χ0v) is 14.0. The summed E-state index contributed by atoms with van der Waals surface area (Å²) < 4.78 is 0. The average Bonchev–Trinajstić information content (AvgIpc) is 2.68. The Hall–Kier alpha value is -3.37. The number of allylic oxidation sites excluding steroid dienone is 2. The molecule has 0 unspecified atom stereocenters. The van der Waals surface area contributed by atoms with Crippen LogP contribution in [0.15, 0.2) is 72.9 Å². The van der Waals surface area contributed by atoms with Crippen LogP contribution >= 0.6 is 0 Å². The Balaban J connectivity index is 1.97. The molecule has 0 bridgehead atoms. The molecule has 1 heterocycles. The van der Waals surface area contributed by atoms with Gasteiger partial charge in [-0.25, -0.2) is 0 Å². The van der Waals surface area contributed by atoms with Crippen molar-refractivity contribution in [3.05, 3.63) is 84.1 Å². The van der Waals surface area contributed by atoms with Gasteiger partial charge < -0.3 is 5.11 Å². The maximum atomic E-state index is 11.2. The summed E-state index contributed by atoms with van der Waals surface area (Å²) in [5.41, 5.74) is 4.21. The van der Waals surface area contributed by atoms with Crippen molar-refractivity contribution in [3.8, 4) is 16.9 Å². The summed E-state index contributed by atoms with van der Waals surface area (Å²) in [6.07, 6.45) is 6.15. The fourth-order valence-corrected chi connectivity index (χ4v) is 3.33. The van der Waals surface area contributed by atoms with Gasteiger partial charge >= 0.3 is 0 Å². The first-order valence-electron chi connectivity index (χ1n) is 8.32. The Morgan fingerprint density at radius 1 is 1.00 bits per heavy atom. The van der Waals surface area contributed by atoms with Crippen molar-refractivity contribution in [2.45, 2.75) is 0 Å². The number of rotatable bonds is 3. The van der Waals surface area contributed by atoms with Gasteiger partial charge in [-0.2, -0.15) is 0 Å². The van der Waals surface area contributed by atoms with Crippen molar-refractivity contribution < 1.29 is 15.1 Å². The maximum absolute atomic E-state index is 11.2. The Morgan fingerprint density at radius 2 is 1.77 bits per heavy atom. The van der Waals surface area contributed by atoms with E-state index in [0.29, 0.717) is 12.8 Å². The molecular weight excluding hydrogens is 326 g/mol. The number of benzene rings is 3. The van der Waals surface area contributed by atoms with Gasteiger partial charge in [0.25, 0.3) is 0 Å². The topological polar surface area (TPSA) is 60.8 Å². The van der Waals surface area contributed by atoms with E-state index in [2.05, 4.69) is 18.2 Å². The zero-order valence-electron chi connectivity index (χ0n) is 14.0. The van der Waals surface area contributed by atoms with Gasteiger partial charge in [0.15, 0.2) is 6.29 Å². The lowest BCUT2D eigenvalue weighted by Gasteiger charge is -2.18. The van der Waals surface area contributed by atoms with Crippen LogP contribution in [0.2, 0.25) is 0 Å². The van der Waals surface area contributed by atoms with Crippen LogP contribution in [0.1, 0.15) is 15.9 Å². The second-order valence-corrected chi connectivity index (χ2v) is 6.20. The summed E-state index contributed by atoms with van der Waals surface area (Å²) in [6, 6.07) is 17.2. The average molecular weight is 343 g/mol. The minimum absolute atomic E-state index is 0.0230. The molecule has 0 aliphatic carbocycles. The molecule has 0 atom stereocenters. The predicted molar refractivity (Wildman–Crippen MR) is 102 cm³/mol. The molecule has 0 radical (unpaired) electrons. The Kier molecular flexibility index (Phi) is 4.03. The van der Waals surface area contributed by atoms with E-state index in [4.69, 9.17) is 0 Å². The van der Waals surface area contributed by atoms with Gasteiger partial charge in [-0.15, -0.1) is 0 Å². The Labute approximate surface area is 150 Å². The smallest absolute Gasteiger partial charge is 0.153 e. The molecular formula is C22H17NO3. The van der Waals surface area contributed by atoms with E-state index < -0.39 is 0 Å². The quantitative estimate of drug-likeness (QED) is 0.681. The number of aldehydes is 1. The molecule has 0 amide bonds. The lowest BCUT2D eigenvalue weighted by molar-refractivity contribution is -0.0299. The molecule has 128 valence electrons. The number of hydrogen-bond donors (Lipinski definition) is 2. The molecule has 0 aromatic heterocycles. The number of nitrogens with zero attached hydrogens (tertiary/aromatic N) is 1. The van der Waals surface area contributed by atoms with Crippen molar-refractivity contribution in [1.82, 2.24) is 5.06 Å². The fraction of sp³-hybridized carbons (Fsp3) is 0.0455. The lowest BCUT2D eigenvalue weighted by Crippen LogP contribution is -2.14. The van der Waals surface area contributed by atoms with E-state index in [9.17, 15) is 15.1 Å². The molecule has 4 heteroatoms. The van der Waals surface area contributed by atoms with Crippen molar-refractivity contribution in [2.24, 2.45) is 0 Å². The van der Waals surface area contributed by atoms with E-state index >= 15 is 0 Å². The van der Waals surface area contributed by atoms with Gasteiger partial charge in [0.1, 0.15) is 5.75 Å². The number of hydrogen-bond acceptors (Lipinski definition) is 4. The molecule has 3 aromatic rings. The molecule has 1 aliphatic rings. The highest BCUT2D eigenvalue weighted by molar-refractivity contribution is 6.05. The van der Waals surface area contributed by atoms with Gasteiger partial charge in [-0.3, -0.25) is 15.1 Å². The molecule has 4 nitrogen and oxygen atoms in total. The highest BCUT2D eigenvalue weighted by atomic mass is 16.5. The van der Waals surface area contributed by atoms with Crippen LogP contribution in [0.25, 0.3) is 27.5 Å². The third-order valence-electron chi connectivity index (χ3n) is 4.61. The van der Waals surface area contributed by atoms with Gasteiger partial charge in [0, 0.05) is 6.20 Å². The number of hydroxylamine groups is 2. The van der Waals surface area contributed by atoms with Gasteiger partial charge in [0.2, 0.25) is 0 Å². The van der Waals surface area contributed by atoms with E-state index in [0.717, 1.165) is 38.1 Å². The summed E-state index contributed by atoms with van der Waals surface area (Å²) in [4.78, 5) is 11.2. The standard InChI is InChI=1S/C22H17NO3/c24-14-18-13-17(7-8-21(18)25)20-6-2-4-16-3-1-5-19(22(16)20)15-9-11-23(26)12-10-15/h1-11,13-14,25-26H,12H2. The predicted octanol–water partition coefficient (Wildman–Crippen LogP) is 4.63. The van der Waals surface area contributed by atoms with Gasteiger partial charge in [-0.1, -0.05) is 48.5 Å². The summed E-state index contributed by atoms with van der Waals surface area (Å²) >= 11 is 0. The number of aromatic hydroxyl groups is 1. The molecule has 2 N–H and O–H groups in total. The van der Waals surface area contributed by atoms with Crippen molar-refractivity contribution in [2.75, 3.05) is 6.54 Å². The van der Waals surface area contributed by atoms with Crippen LogP contribution in [0, 0.1) is 0 Å². The van der Waals surface area contributed by atoms with E-state index in [-0.39, 0.29) is 11.3 Å². The Morgan fingerprint density at radius 3 is 2.46 bits per heavy atom. The van der Waals surface area contributed by atoms with Crippen LogP contribution < -0.4 is 0 Å². The van der Waals surface area contributed by atoms with Crippen molar-refractivity contribution in [1.29, 1.82) is 0 Å². The molecule has 26 heavy (non-hydrogen) atoms. The molecule has 0 fully saturated rings. The highest BCUT2D eigenvalue weighted by Crippen LogP contribution is 2.36. The molecule has 0 saturated heterocycles. The molecule has 1 aliphatic heterocycles. The van der Waals surface area contributed by atoms with Crippen LogP contribution in [0.5, 0.6) is 5.75 Å². The van der Waals surface area contributed by atoms with E-state index in [1.165, 1.54) is 0 Å². The van der Waals surface area contributed by atoms with Gasteiger partial charge in [0.05, 0.1) is 12.1 Å². The van der Waals surface area contributed by atoms with Crippen LogP contribution in [0.3, 0.4) is 0 Å². The van der Waals surface area contributed by atoms with Gasteiger partial charge in [-0.05, 0) is 51.2 Å². The van der Waals surface area contributed by atoms with Crippen molar-refractivity contribution in [3.63, 3.8) is 0 Å². The number of carbonyl (C=O) groups excluding carboxylic acids is 1. The fourth-order valence-electron chi connectivity index (χ4n) is 3.33. The normalized spacial score (nSPS) is 13.7. The molecule has 3 aromatic carbocycles. The third-order valence-corrected chi connectivity index (χ3v) is 4.61. The second kappa shape index (κ2) is 6.50. The zero-order chi connectivity index (χ0) is 18.1. The first-order chi connectivity index (χ1) is 12.7. The lowest BCUT2D eigenvalue weighted by atomic mass is 9.90. The maximum Gasteiger partial charge on any atom is 0.153 e. The molecule has 0 spiro atoms. The summed E-state index contributed by atoms with van der Waals surface area (Å²) in [6.45, 7) is 0.429. The second-order valence-electron chi connectivity index (χ2n) is 6.20. The molecule has 0 saturated carbocycles. The minimum Gasteiger partial charge on any atom is -0.507 e. The number of carbonyl (C=O) groups is 1. The number of fused-ring (bicyclic) bond motifs is 1. The monoisotopic (exact) mass is 343 g/mol. The number of phenolic OH excluding ortho intramolecular Hbond substituents is 1. The van der Waals surface area contributed by atoms with Crippen LogP contribution in [-0.2, 0) is 0 Å². The largest absolute Gasteiger partial charge is 0.507 e. The highest BCUT2D eigenvalue weighted by Gasteiger charge is 2.13. The first kappa shape index (κ1) is 16.1. The summed E-state index contributed by atoms with van der Waals surface area (Å²) in [5, 5.41) is 22.6. The van der Waals surface area contributed by atoms with Crippen LogP contribution in [0.4, 0.5) is 0 Å². The van der Waals surface area contributed by atoms with Crippen LogP contribution in [-0.4, -0.2) is 28.2 Å². The SMILES string of the molecule is O=Cc1cc(-c2cccc3cccc(C4=CCN(O)C=C4)c23)ccc1O. The number of phenols is 1. The summed E-state index contributed by atoms with van der Waals surface area (Å²) in [7, 11) is 0. The Bertz CT molecular complexity index is 1060. The van der Waals surface area contributed by atoms with Crippen molar-refractivity contribution >= 4 is 22.6 Å². The first-order valence-corrected chi connectivity index (χ1v) is 8.32. The minimum atomic E-state index is -0.0230. The third kappa shape index (κ3) is 2.76. The van der Waals surface area contributed by atoms with E-state index in [1.54, 1.807) is 18.3 Å².